The van der Waals surface area contributed by atoms with Crippen molar-refractivity contribution in [1.82, 2.24) is 9.29 Å². The molecule has 9 heteroatoms. The normalized spacial score (nSPS) is 18.8. The van der Waals surface area contributed by atoms with Gasteiger partial charge in [0.2, 0.25) is 5.91 Å². The molecule has 1 N–H and O–H groups in total. The fourth-order valence-electron chi connectivity index (χ4n) is 2.85. The summed E-state index contributed by atoms with van der Waals surface area (Å²) in [6, 6.07) is 3.38. The van der Waals surface area contributed by atoms with Crippen molar-refractivity contribution >= 4 is 43.7 Å². The van der Waals surface area contributed by atoms with Crippen molar-refractivity contribution in [1.29, 1.82) is 0 Å². The molecular weight excluding hydrogens is 366 g/mol. The van der Waals surface area contributed by atoms with E-state index in [-0.39, 0.29) is 11.8 Å². The van der Waals surface area contributed by atoms with Crippen LogP contribution in [0.3, 0.4) is 0 Å². The number of carbonyl (C=O) groups excluding carboxylic acids is 1. The first kappa shape index (κ1) is 16.2. The van der Waals surface area contributed by atoms with Gasteiger partial charge in [-0.05, 0) is 24.3 Å². The SMILES string of the molecule is O=C(Nc1nc2c(s1)CN(S(=O)(=O)c1cccs1)CC2)C1CCC1. The maximum atomic E-state index is 12.6. The summed E-state index contributed by atoms with van der Waals surface area (Å²) in [5, 5.41) is 5.24. The minimum absolute atomic E-state index is 0.0374. The second-order valence-corrected chi connectivity index (χ2v) is 10.2. The molecule has 1 fully saturated rings. The van der Waals surface area contributed by atoms with Gasteiger partial charge >= 0.3 is 0 Å². The zero-order valence-corrected chi connectivity index (χ0v) is 15.3. The van der Waals surface area contributed by atoms with E-state index in [0.29, 0.717) is 28.9 Å². The Hall–Kier alpha value is -1.29. The van der Waals surface area contributed by atoms with Gasteiger partial charge in [-0.3, -0.25) is 4.79 Å². The van der Waals surface area contributed by atoms with Crippen LogP contribution >= 0.6 is 22.7 Å². The van der Waals surface area contributed by atoms with Gasteiger partial charge in [-0.1, -0.05) is 12.5 Å². The first-order valence-corrected chi connectivity index (χ1v) is 11.0. The number of thiophene rings is 1. The van der Waals surface area contributed by atoms with Crippen molar-refractivity contribution in [2.24, 2.45) is 5.92 Å². The maximum Gasteiger partial charge on any atom is 0.252 e. The quantitative estimate of drug-likeness (QED) is 0.880. The van der Waals surface area contributed by atoms with Crippen molar-refractivity contribution in [2.45, 2.75) is 36.4 Å². The lowest BCUT2D eigenvalue weighted by atomic mass is 9.85. The third-order valence-corrected chi connectivity index (χ3v) is 8.71. The van der Waals surface area contributed by atoms with Crippen LogP contribution in [0.1, 0.15) is 29.8 Å². The molecule has 4 rings (SSSR count). The standard InChI is InChI=1S/C15H17N3O3S3/c19-14(10-3-1-4-10)17-15-16-11-6-7-18(9-12(11)23-15)24(20,21)13-5-2-8-22-13/h2,5,8,10H,1,3-4,6-7,9H2,(H,16,17,19). The fraction of sp³-hybridized carbons (Fsp3) is 0.467. The Bertz CT molecular complexity index is 854. The van der Waals surface area contributed by atoms with Crippen LogP contribution in [-0.2, 0) is 27.8 Å². The van der Waals surface area contributed by atoms with Crippen LogP contribution in [-0.4, -0.2) is 30.2 Å². The molecule has 1 aliphatic carbocycles. The van der Waals surface area contributed by atoms with E-state index < -0.39 is 10.0 Å². The first-order valence-electron chi connectivity index (χ1n) is 7.87. The minimum atomic E-state index is -3.44. The van der Waals surface area contributed by atoms with Crippen molar-refractivity contribution in [3.8, 4) is 0 Å². The van der Waals surface area contributed by atoms with Gasteiger partial charge in [-0.25, -0.2) is 13.4 Å². The van der Waals surface area contributed by atoms with Crippen LogP contribution in [0.5, 0.6) is 0 Å². The highest BCUT2D eigenvalue weighted by Gasteiger charge is 2.32. The van der Waals surface area contributed by atoms with Crippen molar-refractivity contribution in [3.05, 3.63) is 28.1 Å². The number of thiazole rings is 1. The second kappa shape index (κ2) is 6.21. The molecular formula is C15H17N3O3S3. The summed E-state index contributed by atoms with van der Waals surface area (Å²) in [6.45, 7) is 0.750. The monoisotopic (exact) mass is 383 g/mol. The molecule has 0 saturated heterocycles. The summed E-state index contributed by atoms with van der Waals surface area (Å²) in [5.74, 6) is 0.150. The Kier molecular flexibility index (Phi) is 4.19. The molecule has 2 aromatic heterocycles. The number of rotatable bonds is 4. The number of hydrogen-bond acceptors (Lipinski definition) is 6. The number of fused-ring (bicyclic) bond motifs is 1. The Morgan fingerprint density at radius 1 is 1.38 bits per heavy atom. The summed E-state index contributed by atoms with van der Waals surface area (Å²) in [7, 11) is -3.44. The molecule has 0 bridgehead atoms. The van der Waals surface area contributed by atoms with Crippen molar-refractivity contribution < 1.29 is 13.2 Å². The van der Waals surface area contributed by atoms with Gasteiger partial charge in [-0.15, -0.1) is 22.7 Å². The van der Waals surface area contributed by atoms with Crippen LogP contribution in [0.15, 0.2) is 21.7 Å². The third-order valence-electron chi connectivity index (χ3n) is 4.49. The van der Waals surface area contributed by atoms with E-state index in [1.807, 2.05) is 0 Å². The number of nitrogens with one attached hydrogen (secondary N) is 1. The molecule has 24 heavy (non-hydrogen) atoms. The zero-order valence-electron chi connectivity index (χ0n) is 12.9. The highest BCUT2D eigenvalue weighted by Crippen LogP contribution is 2.33. The van der Waals surface area contributed by atoms with Crippen molar-refractivity contribution in [2.75, 3.05) is 11.9 Å². The lowest BCUT2D eigenvalue weighted by Gasteiger charge is -2.24. The van der Waals surface area contributed by atoms with E-state index in [0.717, 1.165) is 29.8 Å². The highest BCUT2D eigenvalue weighted by molar-refractivity contribution is 7.91. The summed E-state index contributed by atoms with van der Waals surface area (Å²) in [6.07, 6.45) is 3.59. The second-order valence-electron chi connectivity index (χ2n) is 6.03. The predicted octanol–water partition coefficient (Wildman–Crippen LogP) is 2.69. The Labute approximate surface area is 148 Å². The van der Waals surface area contributed by atoms with Crippen LogP contribution in [0.2, 0.25) is 0 Å². The van der Waals surface area contributed by atoms with E-state index in [2.05, 4.69) is 10.3 Å². The number of nitrogens with zero attached hydrogens (tertiary/aromatic N) is 2. The average Bonchev–Trinajstić information content (AvgIpc) is 3.13. The summed E-state index contributed by atoms with van der Waals surface area (Å²) >= 11 is 2.62. The van der Waals surface area contributed by atoms with Crippen LogP contribution in [0, 0.1) is 5.92 Å². The van der Waals surface area contributed by atoms with E-state index >= 15 is 0 Å². The van der Waals surface area contributed by atoms with E-state index in [1.54, 1.807) is 17.5 Å². The highest BCUT2D eigenvalue weighted by atomic mass is 32.2. The fourth-order valence-corrected chi connectivity index (χ4v) is 6.51. The van der Waals surface area contributed by atoms with Gasteiger partial charge in [0.15, 0.2) is 5.13 Å². The smallest absolute Gasteiger partial charge is 0.252 e. The molecule has 0 radical (unpaired) electrons. The van der Waals surface area contributed by atoms with Crippen LogP contribution < -0.4 is 5.32 Å². The van der Waals surface area contributed by atoms with Gasteiger partial charge in [0.1, 0.15) is 4.21 Å². The molecule has 0 unspecified atom stereocenters. The number of amides is 1. The van der Waals surface area contributed by atoms with Gasteiger partial charge < -0.3 is 5.32 Å². The molecule has 128 valence electrons. The molecule has 2 aliphatic rings. The molecule has 3 heterocycles. The number of hydrogen-bond donors (Lipinski definition) is 1. The molecule has 1 amide bonds. The lowest BCUT2D eigenvalue weighted by Crippen LogP contribution is -2.35. The largest absolute Gasteiger partial charge is 0.302 e. The number of sulfonamides is 1. The Morgan fingerprint density at radius 3 is 2.88 bits per heavy atom. The van der Waals surface area contributed by atoms with Gasteiger partial charge in [-0.2, -0.15) is 4.31 Å². The molecule has 2 aromatic rings. The van der Waals surface area contributed by atoms with E-state index in [9.17, 15) is 13.2 Å². The molecule has 0 aromatic carbocycles. The zero-order chi connectivity index (χ0) is 16.7. The summed E-state index contributed by atoms with van der Waals surface area (Å²) < 4.78 is 27.1. The summed E-state index contributed by atoms with van der Waals surface area (Å²) in [5.41, 5.74) is 0.904. The number of anilines is 1. The molecule has 1 saturated carbocycles. The third kappa shape index (κ3) is 2.90. The predicted molar refractivity (Wildman–Crippen MR) is 93.7 cm³/mol. The average molecular weight is 384 g/mol. The molecule has 6 nitrogen and oxygen atoms in total. The van der Waals surface area contributed by atoms with Gasteiger partial charge in [0, 0.05) is 23.8 Å². The Balaban J connectivity index is 1.50. The maximum absolute atomic E-state index is 12.6. The summed E-state index contributed by atoms with van der Waals surface area (Å²) in [4.78, 5) is 17.4. The molecule has 0 spiro atoms. The van der Waals surface area contributed by atoms with E-state index in [4.69, 9.17) is 0 Å². The molecule has 1 aliphatic heterocycles. The van der Waals surface area contributed by atoms with Gasteiger partial charge in [0.25, 0.3) is 10.0 Å². The first-order chi connectivity index (χ1) is 11.5. The molecule has 0 atom stereocenters. The lowest BCUT2D eigenvalue weighted by molar-refractivity contribution is -0.122. The van der Waals surface area contributed by atoms with Crippen LogP contribution in [0.4, 0.5) is 5.13 Å². The number of aromatic nitrogens is 1. The minimum Gasteiger partial charge on any atom is -0.302 e. The van der Waals surface area contributed by atoms with E-state index in [1.165, 1.54) is 27.0 Å². The number of carbonyl (C=O) groups is 1. The topological polar surface area (TPSA) is 79.4 Å². The van der Waals surface area contributed by atoms with Crippen molar-refractivity contribution in [3.63, 3.8) is 0 Å². The Morgan fingerprint density at radius 2 is 2.21 bits per heavy atom. The van der Waals surface area contributed by atoms with Crippen LogP contribution in [0.25, 0.3) is 0 Å². The van der Waals surface area contributed by atoms with Gasteiger partial charge in [0.05, 0.1) is 12.2 Å².